The molecule has 0 atom stereocenters. The molecule has 3 heterocycles. The van der Waals surface area contributed by atoms with E-state index in [1.807, 2.05) is 17.5 Å². The number of fused-ring (bicyclic) bond motifs is 5. The van der Waals surface area contributed by atoms with Crippen molar-refractivity contribution in [1.29, 1.82) is 0 Å². The molecule has 0 unspecified atom stereocenters. The van der Waals surface area contributed by atoms with Crippen molar-refractivity contribution in [1.82, 2.24) is 4.98 Å². The topological polar surface area (TPSA) is 26.0 Å². The number of rotatable bonds is 2. The van der Waals surface area contributed by atoms with Gasteiger partial charge in [-0.15, -0.1) is 11.3 Å². The standard InChI is InChI=1S/C25H23NOS/c1-15-12-20-22(28-15)9-8-18-17-6-5-7-19(23(17)27-24(18)20)21-13-16(10-11-26-21)14-25(2,3)4/h5-13H,14H2,1-4H3. The molecule has 0 radical (unpaired) electrons. The maximum Gasteiger partial charge on any atom is 0.144 e. The van der Waals surface area contributed by atoms with Crippen LogP contribution >= 0.6 is 11.3 Å². The molecule has 2 aromatic carbocycles. The second-order valence-electron chi connectivity index (χ2n) is 8.78. The molecule has 0 aliphatic carbocycles. The lowest BCUT2D eigenvalue weighted by Crippen LogP contribution is -2.09. The molecule has 2 nitrogen and oxygen atoms in total. The number of nitrogens with zero attached hydrogens (tertiary/aromatic N) is 1. The molecule has 0 saturated heterocycles. The van der Waals surface area contributed by atoms with Gasteiger partial charge in [0, 0.05) is 37.5 Å². The van der Waals surface area contributed by atoms with Crippen molar-refractivity contribution in [2.45, 2.75) is 34.1 Å². The Bertz CT molecular complexity index is 1330. The zero-order chi connectivity index (χ0) is 19.5. The molecule has 28 heavy (non-hydrogen) atoms. The van der Waals surface area contributed by atoms with Gasteiger partial charge in [0.05, 0.1) is 5.69 Å². The summed E-state index contributed by atoms with van der Waals surface area (Å²) in [4.78, 5) is 5.97. The summed E-state index contributed by atoms with van der Waals surface area (Å²) in [6, 6.07) is 17.3. The van der Waals surface area contributed by atoms with Gasteiger partial charge in [0.2, 0.25) is 0 Å². The summed E-state index contributed by atoms with van der Waals surface area (Å²) in [6.07, 6.45) is 2.94. The Labute approximate surface area is 168 Å². The Morgan fingerprint density at radius 2 is 1.75 bits per heavy atom. The van der Waals surface area contributed by atoms with E-state index in [-0.39, 0.29) is 5.41 Å². The van der Waals surface area contributed by atoms with Crippen molar-refractivity contribution in [2.24, 2.45) is 5.41 Å². The number of para-hydroxylation sites is 1. The molecule has 0 saturated carbocycles. The molecule has 0 bridgehead atoms. The number of hydrogen-bond acceptors (Lipinski definition) is 3. The highest BCUT2D eigenvalue weighted by Crippen LogP contribution is 2.40. The highest BCUT2D eigenvalue weighted by molar-refractivity contribution is 7.19. The monoisotopic (exact) mass is 385 g/mol. The third-order valence-electron chi connectivity index (χ3n) is 5.12. The van der Waals surface area contributed by atoms with Crippen molar-refractivity contribution < 1.29 is 4.42 Å². The molecular weight excluding hydrogens is 362 g/mol. The number of hydrogen-bond donors (Lipinski definition) is 0. The van der Waals surface area contributed by atoms with E-state index in [2.05, 4.69) is 81.2 Å². The predicted octanol–water partition coefficient (Wildman–Crippen LogP) is 7.76. The van der Waals surface area contributed by atoms with Crippen LogP contribution in [-0.4, -0.2) is 4.98 Å². The predicted molar refractivity (Wildman–Crippen MR) is 120 cm³/mol. The number of aromatic nitrogens is 1. The Kier molecular flexibility index (Phi) is 3.85. The van der Waals surface area contributed by atoms with Gasteiger partial charge in [-0.25, -0.2) is 0 Å². The zero-order valence-corrected chi connectivity index (χ0v) is 17.5. The van der Waals surface area contributed by atoms with Gasteiger partial charge in [-0.1, -0.05) is 32.9 Å². The molecule has 0 fully saturated rings. The van der Waals surface area contributed by atoms with E-state index < -0.39 is 0 Å². The summed E-state index contributed by atoms with van der Waals surface area (Å²) in [5.41, 5.74) is 5.49. The lowest BCUT2D eigenvalue weighted by molar-refractivity contribution is 0.411. The third kappa shape index (κ3) is 2.91. The van der Waals surface area contributed by atoms with Gasteiger partial charge in [0.1, 0.15) is 11.2 Å². The van der Waals surface area contributed by atoms with Crippen LogP contribution in [0.5, 0.6) is 0 Å². The molecule has 3 aromatic heterocycles. The average Bonchev–Trinajstić information content (AvgIpc) is 3.19. The first-order chi connectivity index (χ1) is 13.4. The van der Waals surface area contributed by atoms with Crippen LogP contribution in [0.3, 0.4) is 0 Å². The molecular formula is C25H23NOS. The number of benzene rings is 2. The first-order valence-electron chi connectivity index (χ1n) is 9.69. The normalized spacial score (nSPS) is 12.4. The minimum Gasteiger partial charge on any atom is -0.455 e. The Balaban J connectivity index is 1.74. The maximum atomic E-state index is 6.47. The summed E-state index contributed by atoms with van der Waals surface area (Å²) in [5.74, 6) is 0. The molecule has 0 N–H and O–H groups in total. The Morgan fingerprint density at radius 3 is 2.57 bits per heavy atom. The fourth-order valence-electron chi connectivity index (χ4n) is 4.04. The summed E-state index contributed by atoms with van der Waals surface area (Å²) in [7, 11) is 0. The molecule has 0 amide bonds. The number of furan rings is 1. The minimum absolute atomic E-state index is 0.242. The SMILES string of the molecule is Cc1cc2c(ccc3c4cccc(-c5cc(CC(C)(C)C)ccn5)c4oc23)s1. The molecule has 3 heteroatoms. The number of pyridine rings is 1. The highest BCUT2D eigenvalue weighted by atomic mass is 32.1. The zero-order valence-electron chi connectivity index (χ0n) is 16.7. The van der Waals surface area contributed by atoms with E-state index in [0.29, 0.717) is 0 Å². The van der Waals surface area contributed by atoms with E-state index in [1.54, 1.807) is 0 Å². The van der Waals surface area contributed by atoms with Crippen LogP contribution in [0.2, 0.25) is 0 Å². The van der Waals surface area contributed by atoms with Crippen LogP contribution < -0.4 is 0 Å². The lowest BCUT2D eigenvalue weighted by atomic mass is 9.88. The number of aryl methyl sites for hydroxylation is 1. The van der Waals surface area contributed by atoms with Crippen LogP contribution in [0.4, 0.5) is 0 Å². The van der Waals surface area contributed by atoms with Crippen molar-refractivity contribution in [3.8, 4) is 11.3 Å². The quantitative estimate of drug-likeness (QED) is 0.310. The highest BCUT2D eigenvalue weighted by Gasteiger charge is 2.17. The first-order valence-corrected chi connectivity index (χ1v) is 10.5. The van der Waals surface area contributed by atoms with E-state index in [0.717, 1.165) is 34.2 Å². The summed E-state index contributed by atoms with van der Waals surface area (Å²) >= 11 is 1.81. The average molecular weight is 386 g/mol. The van der Waals surface area contributed by atoms with Crippen LogP contribution in [0.1, 0.15) is 31.2 Å². The van der Waals surface area contributed by atoms with Crippen molar-refractivity contribution in [3.63, 3.8) is 0 Å². The largest absolute Gasteiger partial charge is 0.455 e. The van der Waals surface area contributed by atoms with Crippen LogP contribution in [0.15, 0.2) is 59.1 Å². The van der Waals surface area contributed by atoms with Crippen LogP contribution in [-0.2, 0) is 6.42 Å². The minimum atomic E-state index is 0.242. The first kappa shape index (κ1) is 17.4. The van der Waals surface area contributed by atoms with Gasteiger partial charge in [-0.05, 0) is 60.7 Å². The second kappa shape index (κ2) is 6.18. The fourth-order valence-corrected chi connectivity index (χ4v) is 4.96. The molecule has 0 aliphatic heterocycles. The van der Waals surface area contributed by atoms with E-state index in [9.17, 15) is 0 Å². The third-order valence-corrected chi connectivity index (χ3v) is 6.13. The van der Waals surface area contributed by atoms with Gasteiger partial charge in [-0.2, -0.15) is 0 Å². The van der Waals surface area contributed by atoms with Gasteiger partial charge < -0.3 is 4.42 Å². The fraction of sp³-hybridized carbons (Fsp3) is 0.240. The van der Waals surface area contributed by atoms with E-state index in [1.165, 1.54) is 25.9 Å². The molecule has 140 valence electrons. The van der Waals surface area contributed by atoms with Crippen molar-refractivity contribution >= 4 is 43.4 Å². The molecule has 5 rings (SSSR count). The smallest absolute Gasteiger partial charge is 0.144 e. The second-order valence-corrected chi connectivity index (χ2v) is 10.1. The van der Waals surface area contributed by atoms with E-state index in [4.69, 9.17) is 4.42 Å². The van der Waals surface area contributed by atoms with Crippen LogP contribution in [0, 0.1) is 12.3 Å². The molecule has 0 aliphatic rings. The van der Waals surface area contributed by atoms with Gasteiger partial charge >= 0.3 is 0 Å². The Hall–Kier alpha value is -2.65. The van der Waals surface area contributed by atoms with Crippen molar-refractivity contribution in [3.05, 3.63) is 65.2 Å². The van der Waals surface area contributed by atoms with E-state index >= 15 is 0 Å². The number of thiophene rings is 1. The van der Waals surface area contributed by atoms with Gasteiger partial charge in [0.25, 0.3) is 0 Å². The summed E-state index contributed by atoms with van der Waals surface area (Å²) < 4.78 is 7.75. The van der Waals surface area contributed by atoms with Gasteiger partial charge in [-0.3, -0.25) is 4.98 Å². The molecule has 0 spiro atoms. The summed E-state index contributed by atoms with van der Waals surface area (Å²) in [5, 5.41) is 3.53. The lowest BCUT2D eigenvalue weighted by Gasteiger charge is -2.18. The molecule has 5 aromatic rings. The summed E-state index contributed by atoms with van der Waals surface area (Å²) in [6.45, 7) is 8.94. The Morgan fingerprint density at radius 1 is 0.929 bits per heavy atom. The maximum absolute atomic E-state index is 6.47. The van der Waals surface area contributed by atoms with Crippen LogP contribution in [0.25, 0.3) is 43.3 Å². The van der Waals surface area contributed by atoms with Crippen molar-refractivity contribution in [2.75, 3.05) is 0 Å². The van der Waals surface area contributed by atoms with Gasteiger partial charge in [0.15, 0.2) is 0 Å².